The monoisotopic (exact) mass is 468 g/mol. The van der Waals surface area contributed by atoms with Gasteiger partial charge in [-0.05, 0) is 49.9 Å². The van der Waals surface area contributed by atoms with Gasteiger partial charge in [0.2, 0.25) is 0 Å². The molecule has 4 rings (SSSR count). The van der Waals surface area contributed by atoms with E-state index in [9.17, 15) is 19.2 Å². The van der Waals surface area contributed by atoms with Crippen molar-refractivity contribution in [2.24, 2.45) is 11.7 Å². The van der Waals surface area contributed by atoms with Crippen LogP contribution in [0, 0.1) is 23.1 Å². The summed E-state index contributed by atoms with van der Waals surface area (Å²) in [6.07, 6.45) is 7.63. The number of halogens is 1. The lowest BCUT2D eigenvalue weighted by atomic mass is 9.83. The molecule has 2 saturated carbocycles. The fourth-order valence-electron chi connectivity index (χ4n) is 4.78. The first-order chi connectivity index (χ1) is 16.4. The number of anilines is 2. The van der Waals surface area contributed by atoms with E-state index in [1.807, 2.05) is 0 Å². The van der Waals surface area contributed by atoms with E-state index >= 15 is 0 Å². The smallest absolute Gasteiger partial charge is 0.407 e. The van der Waals surface area contributed by atoms with Crippen LogP contribution >= 0.6 is 0 Å². The SMILES string of the molecule is N#C[C@H]1C[C@H](OC(=O)NC2CCCCC2)CC[C@@H]1n1cc(C(N)=O)c(Nc2ccc(F)cc2)n1. The molecule has 0 spiro atoms. The summed E-state index contributed by atoms with van der Waals surface area (Å²) in [4.78, 5) is 24.3. The van der Waals surface area contributed by atoms with Crippen molar-refractivity contribution in [3.05, 3.63) is 41.8 Å². The molecule has 1 aromatic heterocycles. The van der Waals surface area contributed by atoms with Crippen molar-refractivity contribution in [3.63, 3.8) is 0 Å². The Morgan fingerprint density at radius 1 is 1.15 bits per heavy atom. The van der Waals surface area contributed by atoms with Gasteiger partial charge in [-0.2, -0.15) is 10.4 Å². The largest absolute Gasteiger partial charge is 0.446 e. The summed E-state index contributed by atoms with van der Waals surface area (Å²) in [5.74, 6) is -1.27. The third-order valence-electron chi connectivity index (χ3n) is 6.58. The van der Waals surface area contributed by atoms with E-state index in [2.05, 4.69) is 21.8 Å². The lowest BCUT2D eigenvalue weighted by molar-refractivity contribution is 0.0488. The third-order valence-corrected chi connectivity index (χ3v) is 6.58. The van der Waals surface area contributed by atoms with Gasteiger partial charge in [-0.25, -0.2) is 9.18 Å². The second-order valence-corrected chi connectivity index (χ2v) is 8.99. The third kappa shape index (κ3) is 5.65. The molecule has 0 aliphatic heterocycles. The molecule has 1 heterocycles. The van der Waals surface area contributed by atoms with Crippen LogP contribution in [0.5, 0.6) is 0 Å². The number of primary amides is 1. The molecule has 3 atom stereocenters. The highest BCUT2D eigenvalue weighted by molar-refractivity contribution is 5.98. The van der Waals surface area contributed by atoms with Gasteiger partial charge in [0, 0.05) is 24.3 Å². The van der Waals surface area contributed by atoms with Gasteiger partial charge in [-0.3, -0.25) is 9.48 Å². The molecule has 2 amide bonds. The molecule has 0 unspecified atom stereocenters. The van der Waals surface area contributed by atoms with Crippen molar-refractivity contribution in [1.29, 1.82) is 5.26 Å². The van der Waals surface area contributed by atoms with Crippen molar-refractivity contribution in [1.82, 2.24) is 15.1 Å². The van der Waals surface area contributed by atoms with Crippen LogP contribution in [0.15, 0.2) is 30.5 Å². The molecule has 0 saturated heterocycles. The van der Waals surface area contributed by atoms with Crippen LogP contribution in [0.2, 0.25) is 0 Å². The van der Waals surface area contributed by atoms with E-state index in [0.717, 1.165) is 25.7 Å². The number of benzene rings is 1. The number of nitrogens with two attached hydrogens (primary N) is 1. The molecule has 0 bridgehead atoms. The van der Waals surface area contributed by atoms with E-state index in [1.54, 1.807) is 4.68 Å². The van der Waals surface area contributed by atoms with E-state index in [-0.39, 0.29) is 35.4 Å². The summed E-state index contributed by atoms with van der Waals surface area (Å²) in [5.41, 5.74) is 6.25. The summed E-state index contributed by atoms with van der Waals surface area (Å²) >= 11 is 0. The summed E-state index contributed by atoms with van der Waals surface area (Å²) in [6.45, 7) is 0. The van der Waals surface area contributed by atoms with Crippen molar-refractivity contribution in [2.75, 3.05) is 5.32 Å². The van der Waals surface area contributed by atoms with Gasteiger partial charge < -0.3 is 21.1 Å². The molecular weight excluding hydrogens is 439 g/mol. The van der Waals surface area contributed by atoms with Crippen LogP contribution < -0.4 is 16.4 Å². The van der Waals surface area contributed by atoms with Crippen molar-refractivity contribution >= 4 is 23.5 Å². The van der Waals surface area contributed by atoms with Gasteiger partial charge >= 0.3 is 6.09 Å². The molecule has 2 aliphatic rings. The zero-order chi connectivity index (χ0) is 24.1. The number of carbonyl (C=O) groups is 2. The average Bonchev–Trinajstić information content (AvgIpc) is 3.25. The maximum Gasteiger partial charge on any atom is 0.407 e. The highest BCUT2D eigenvalue weighted by Gasteiger charge is 2.35. The number of hydrogen-bond donors (Lipinski definition) is 3. The Morgan fingerprint density at radius 2 is 1.88 bits per heavy atom. The predicted molar refractivity (Wildman–Crippen MR) is 123 cm³/mol. The maximum atomic E-state index is 13.2. The van der Waals surface area contributed by atoms with Crippen LogP contribution in [0.25, 0.3) is 0 Å². The van der Waals surface area contributed by atoms with E-state index < -0.39 is 17.9 Å². The highest BCUT2D eigenvalue weighted by atomic mass is 19.1. The fraction of sp³-hybridized carbons (Fsp3) is 0.500. The van der Waals surface area contributed by atoms with Crippen LogP contribution in [0.4, 0.5) is 20.7 Å². The average molecular weight is 469 g/mol. The Hall–Kier alpha value is -3.61. The molecule has 0 radical (unpaired) electrons. The van der Waals surface area contributed by atoms with E-state index in [4.69, 9.17) is 10.5 Å². The molecule has 2 aromatic rings. The second-order valence-electron chi connectivity index (χ2n) is 8.99. The Bertz CT molecular complexity index is 1060. The van der Waals surface area contributed by atoms with Gasteiger partial charge in [-0.1, -0.05) is 19.3 Å². The van der Waals surface area contributed by atoms with Gasteiger partial charge in [0.15, 0.2) is 5.82 Å². The number of nitriles is 1. The zero-order valence-corrected chi connectivity index (χ0v) is 18.9. The molecule has 2 aliphatic carbocycles. The lowest BCUT2D eigenvalue weighted by Crippen LogP contribution is -2.40. The highest BCUT2D eigenvalue weighted by Crippen LogP contribution is 2.36. The van der Waals surface area contributed by atoms with Crippen LogP contribution in [0.3, 0.4) is 0 Å². The number of aromatic nitrogens is 2. The number of hydrogen-bond acceptors (Lipinski definition) is 6. The van der Waals surface area contributed by atoms with E-state index in [1.165, 1.54) is 36.9 Å². The lowest BCUT2D eigenvalue weighted by Gasteiger charge is -2.32. The fourth-order valence-corrected chi connectivity index (χ4v) is 4.78. The Kier molecular flexibility index (Phi) is 7.30. The normalized spacial score (nSPS) is 23.0. The van der Waals surface area contributed by atoms with Gasteiger partial charge in [-0.15, -0.1) is 0 Å². The van der Waals surface area contributed by atoms with Crippen LogP contribution in [0.1, 0.15) is 67.8 Å². The van der Waals surface area contributed by atoms with Gasteiger partial charge in [0.25, 0.3) is 5.91 Å². The number of amides is 2. The van der Waals surface area contributed by atoms with Crippen molar-refractivity contribution in [3.8, 4) is 6.07 Å². The van der Waals surface area contributed by atoms with Gasteiger partial charge in [0.1, 0.15) is 17.5 Å². The summed E-state index contributed by atoms with van der Waals surface area (Å²) in [6, 6.07) is 7.80. The quantitative estimate of drug-likeness (QED) is 0.583. The van der Waals surface area contributed by atoms with Gasteiger partial charge in [0.05, 0.1) is 18.0 Å². The first-order valence-corrected chi connectivity index (χ1v) is 11.7. The molecule has 180 valence electrons. The number of nitrogens with zero attached hydrogens (tertiary/aromatic N) is 3. The van der Waals surface area contributed by atoms with Crippen LogP contribution in [-0.4, -0.2) is 33.9 Å². The maximum absolute atomic E-state index is 13.2. The van der Waals surface area contributed by atoms with Crippen molar-refractivity contribution < 1.29 is 18.7 Å². The molecule has 4 N–H and O–H groups in total. The minimum Gasteiger partial charge on any atom is -0.446 e. The standard InChI is InChI=1S/C24H29FN6O3/c25-16-6-8-18(9-7-16)28-23-20(22(27)32)14-31(30-23)21-11-10-19(12-15(21)13-26)34-24(33)29-17-4-2-1-3-5-17/h6-9,14-15,17,19,21H,1-5,10-12H2,(H2,27,32)(H,28,30)(H,29,33)/t15-,19-,21+/m1/s1. The number of rotatable bonds is 6. The minimum atomic E-state index is -0.666. The Morgan fingerprint density at radius 3 is 2.56 bits per heavy atom. The molecule has 2 fully saturated rings. The molecule has 1 aromatic carbocycles. The first kappa shape index (κ1) is 23.5. The first-order valence-electron chi connectivity index (χ1n) is 11.7. The molecular formula is C24H29FN6O3. The number of ether oxygens (including phenoxy) is 1. The summed E-state index contributed by atoms with van der Waals surface area (Å²) in [7, 11) is 0. The minimum absolute atomic E-state index is 0.160. The number of carbonyl (C=O) groups excluding carboxylic acids is 2. The number of nitrogens with one attached hydrogen (secondary N) is 2. The van der Waals surface area contributed by atoms with Crippen LogP contribution in [-0.2, 0) is 4.74 Å². The molecule has 34 heavy (non-hydrogen) atoms. The topological polar surface area (TPSA) is 135 Å². The Balaban J connectivity index is 1.42. The number of alkyl carbamates (subject to hydrolysis) is 1. The Labute approximate surface area is 197 Å². The molecule has 9 nitrogen and oxygen atoms in total. The second kappa shape index (κ2) is 10.5. The zero-order valence-electron chi connectivity index (χ0n) is 18.9. The predicted octanol–water partition coefficient (Wildman–Crippen LogP) is 4.16. The van der Waals surface area contributed by atoms with Crippen molar-refractivity contribution in [2.45, 2.75) is 69.6 Å². The summed E-state index contributed by atoms with van der Waals surface area (Å²) in [5, 5.41) is 20.2. The molecule has 10 heteroatoms. The summed E-state index contributed by atoms with van der Waals surface area (Å²) < 4.78 is 20.4. The van der Waals surface area contributed by atoms with E-state index in [0.29, 0.717) is 24.9 Å².